The van der Waals surface area contributed by atoms with Gasteiger partial charge in [-0.3, -0.25) is 9.35 Å². The summed E-state index contributed by atoms with van der Waals surface area (Å²) in [6, 6.07) is 14.3. The minimum atomic E-state index is -4.28. The van der Waals surface area contributed by atoms with Crippen molar-refractivity contribution in [2.75, 3.05) is 11.1 Å². The van der Waals surface area contributed by atoms with Gasteiger partial charge in [0.2, 0.25) is 0 Å². The van der Waals surface area contributed by atoms with Crippen molar-refractivity contribution in [3.63, 3.8) is 0 Å². The summed E-state index contributed by atoms with van der Waals surface area (Å²) in [6.07, 6.45) is 0. The lowest BCUT2D eigenvalue weighted by Crippen LogP contribution is -2.12. The van der Waals surface area contributed by atoms with Crippen LogP contribution in [0.4, 0.5) is 11.4 Å². The van der Waals surface area contributed by atoms with Crippen LogP contribution in [0.3, 0.4) is 0 Å². The van der Waals surface area contributed by atoms with Gasteiger partial charge in [0.15, 0.2) is 0 Å². The van der Waals surface area contributed by atoms with Gasteiger partial charge < -0.3 is 11.1 Å². The average Bonchev–Trinajstić information content (AvgIpc) is 2.56. The molecule has 4 N–H and O–H groups in total. The SMILES string of the molecule is Cc1ccc(C(=O)Nc2cccc3cc(S(=O)(=O)O)ccc23)cc1N. The molecule has 128 valence electrons. The molecule has 25 heavy (non-hydrogen) atoms. The summed E-state index contributed by atoms with van der Waals surface area (Å²) in [5, 5.41) is 4.04. The van der Waals surface area contributed by atoms with Crippen molar-refractivity contribution in [3.8, 4) is 0 Å². The third kappa shape index (κ3) is 3.47. The largest absolute Gasteiger partial charge is 0.398 e. The van der Waals surface area contributed by atoms with Crippen LogP contribution in [-0.2, 0) is 10.1 Å². The van der Waals surface area contributed by atoms with Crippen molar-refractivity contribution in [1.29, 1.82) is 0 Å². The molecular weight excluding hydrogens is 340 g/mol. The maximum Gasteiger partial charge on any atom is 0.294 e. The maximum absolute atomic E-state index is 12.4. The van der Waals surface area contributed by atoms with E-state index in [0.717, 1.165) is 5.56 Å². The van der Waals surface area contributed by atoms with E-state index in [2.05, 4.69) is 5.32 Å². The molecule has 0 spiro atoms. The van der Waals surface area contributed by atoms with E-state index in [9.17, 15) is 13.2 Å². The second-order valence-electron chi connectivity index (χ2n) is 5.69. The zero-order chi connectivity index (χ0) is 18.2. The van der Waals surface area contributed by atoms with Crippen LogP contribution in [0.2, 0.25) is 0 Å². The summed E-state index contributed by atoms with van der Waals surface area (Å²) in [6.45, 7) is 1.86. The van der Waals surface area contributed by atoms with Crippen LogP contribution in [0, 0.1) is 6.92 Å². The fourth-order valence-electron chi connectivity index (χ4n) is 2.51. The van der Waals surface area contributed by atoms with Gasteiger partial charge in [-0.1, -0.05) is 24.3 Å². The number of rotatable bonds is 3. The van der Waals surface area contributed by atoms with E-state index in [-0.39, 0.29) is 10.8 Å². The van der Waals surface area contributed by atoms with Crippen molar-refractivity contribution in [2.24, 2.45) is 0 Å². The van der Waals surface area contributed by atoms with E-state index < -0.39 is 10.1 Å². The molecule has 0 unspecified atom stereocenters. The Labute approximate surface area is 145 Å². The van der Waals surface area contributed by atoms with E-state index >= 15 is 0 Å². The van der Waals surface area contributed by atoms with Gasteiger partial charge in [-0.2, -0.15) is 8.42 Å². The van der Waals surface area contributed by atoms with Gasteiger partial charge in [0, 0.05) is 22.3 Å². The summed E-state index contributed by atoms with van der Waals surface area (Å²) in [5.41, 5.74) is 8.22. The number of nitrogen functional groups attached to an aromatic ring is 1. The van der Waals surface area contributed by atoms with Gasteiger partial charge in [0.25, 0.3) is 16.0 Å². The highest BCUT2D eigenvalue weighted by molar-refractivity contribution is 7.85. The van der Waals surface area contributed by atoms with Crippen molar-refractivity contribution >= 4 is 38.2 Å². The molecule has 0 atom stereocenters. The highest BCUT2D eigenvalue weighted by atomic mass is 32.2. The lowest BCUT2D eigenvalue weighted by Gasteiger charge is -2.10. The Morgan fingerprint density at radius 1 is 1.08 bits per heavy atom. The molecule has 3 aromatic rings. The first-order valence-electron chi connectivity index (χ1n) is 7.43. The molecule has 7 heteroatoms. The number of hydrogen-bond acceptors (Lipinski definition) is 4. The average molecular weight is 356 g/mol. The molecule has 0 heterocycles. The third-order valence-electron chi connectivity index (χ3n) is 3.94. The zero-order valence-corrected chi connectivity index (χ0v) is 14.2. The second kappa shape index (κ2) is 6.19. The van der Waals surface area contributed by atoms with Gasteiger partial charge in [0.05, 0.1) is 4.90 Å². The topological polar surface area (TPSA) is 109 Å². The molecule has 0 radical (unpaired) electrons. The zero-order valence-electron chi connectivity index (χ0n) is 13.4. The van der Waals surface area contributed by atoms with Gasteiger partial charge >= 0.3 is 0 Å². The number of benzene rings is 3. The van der Waals surface area contributed by atoms with Crippen LogP contribution >= 0.6 is 0 Å². The minimum Gasteiger partial charge on any atom is -0.398 e. The monoisotopic (exact) mass is 356 g/mol. The second-order valence-corrected chi connectivity index (χ2v) is 7.11. The molecule has 0 saturated heterocycles. The first kappa shape index (κ1) is 16.9. The number of anilines is 2. The number of fused-ring (bicyclic) bond motifs is 1. The Balaban J connectivity index is 1.98. The Morgan fingerprint density at radius 2 is 1.84 bits per heavy atom. The van der Waals surface area contributed by atoms with Crippen molar-refractivity contribution in [3.05, 3.63) is 65.7 Å². The van der Waals surface area contributed by atoms with Crippen LogP contribution in [0.15, 0.2) is 59.5 Å². The molecule has 1 amide bonds. The number of amides is 1. The molecule has 3 aromatic carbocycles. The fourth-order valence-corrected chi connectivity index (χ4v) is 3.02. The fraction of sp³-hybridized carbons (Fsp3) is 0.0556. The molecule has 0 aliphatic heterocycles. The first-order valence-corrected chi connectivity index (χ1v) is 8.87. The lowest BCUT2D eigenvalue weighted by atomic mass is 10.1. The molecule has 0 aliphatic rings. The van der Waals surface area contributed by atoms with Gasteiger partial charge in [-0.25, -0.2) is 0 Å². The highest BCUT2D eigenvalue weighted by Gasteiger charge is 2.13. The predicted octanol–water partition coefficient (Wildman–Crippen LogP) is 3.23. The first-order chi connectivity index (χ1) is 11.8. The third-order valence-corrected chi connectivity index (χ3v) is 4.79. The molecule has 0 fully saturated rings. The summed E-state index contributed by atoms with van der Waals surface area (Å²) >= 11 is 0. The van der Waals surface area contributed by atoms with Crippen LogP contribution in [0.5, 0.6) is 0 Å². The lowest BCUT2D eigenvalue weighted by molar-refractivity contribution is 0.102. The molecule has 3 rings (SSSR count). The van der Waals surface area contributed by atoms with Crippen molar-refractivity contribution < 1.29 is 17.8 Å². The van der Waals surface area contributed by atoms with Crippen LogP contribution in [0.1, 0.15) is 15.9 Å². The molecule has 0 bridgehead atoms. The Bertz CT molecular complexity index is 1090. The summed E-state index contributed by atoms with van der Waals surface area (Å²) in [5.74, 6) is -0.321. The molecule has 0 saturated carbocycles. The maximum atomic E-state index is 12.4. The van der Waals surface area contributed by atoms with E-state index in [0.29, 0.717) is 27.7 Å². The van der Waals surface area contributed by atoms with E-state index in [4.69, 9.17) is 10.3 Å². The van der Waals surface area contributed by atoms with Gasteiger partial charge in [0.1, 0.15) is 0 Å². The van der Waals surface area contributed by atoms with E-state index in [1.54, 1.807) is 36.4 Å². The van der Waals surface area contributed by atoms with Crippen LogP contribution < -0.4 is 11.1 Å². The van der Waals surface area contributed by atoms with Crippen LogP contribution in [0.25, 0.3) is 10.8 Å². The molecule has 0 aromatic heterocycles. The van der Waals surface area contributed by atoms with Crippen molar-refractivity contribution in [2.45, 2.75) is 11.8 Å². The van der Waals surface area contributed by atoms with E-state index in [1.165, 1.54) is 18.2 Å². The Morgan fingerprint density at radius 3 is 2.52 bits per heavy atom. The number of nitrogens with one attached hydrogen (secondary N) is 1. The predicted molar refractivity (Wildman–Crippen MR) is 97.3 cm³/mol. The normalized spacial score (nSPS) is 11.4. The number of hydrogen-bond donors (Lipinski definition) is 3. The number of nitrogens with two attached hydrogens (primary N) is 1. The quantitative estimate of drug-likeness (QED) is 0.493. The minimum absolute atomic E-state index is 0.199. The standard InChI is InChI=1S/C18H16N2O4S/c1-11-5-6-13(10-16(11)19)18(21)20-17-4-2-3-12-9-14(25(22,23)24)7-8-15(12)17/h2-10H,19H2,1H3,(H,20,21)(H,22,23,24). The molecular formula is C18H16N2O4S. The van der Waals surface area contributed by atoms with Crippen LogP contribution in [-0.4, -0.2) is 18.9 Å². The van der Waals surface area contributed by atoms with Gasteiger partial charge in [-0.05, 0) is 48.2 Å². The number of carbonyl (C=O) groups excluding carboxylic acids is 1. The summed E-state index contributed by atoms with van der Waals surface area (Å²) in [7, 11) is -4.28. The highest BCUT2D eigenvalue weighted by Crippen LogP contribution is 2.26. The number of carbonyl (C=O) groups is 1. The van der Waals surface area contributed by atoms with Gasteiger partial charge in [-0.15, -0.1) is 0 Å². The molecule has 6 nitrogen and oxygen atoms in total. The Hall–Kier alpha value is -2.90. The summed E-state index contributed by atoms with van der Waals surface area (Å²) in [4.78, 5) is 12.2. The molecule has 0 aliphatic carbocycles. The van der Waals surface area contributed by atoms with E-state index in [1.807, 2.05) is 6.92 Å². The summed E-state index contributed by atoms with van der Waals surface area (Å²) < 4.78 is 31.7. The Kier molecular flexibility index (Phi) is 4.20. The van der Waals surface area contributed by atoms with Crippen molar-refractivity contribution in [1.82, 2.24) is 0 Å². The smallest absolute Gasteiger partial charge is 0.294 e. The number of aryl methyl sites for hydroxylation is 1.